The molecule has 1 saturated carbocycles. The Bertz CT molecular complexity index is 1560. The van der Waals surface area contributed by atoms with Crippen molar-refractivity contribution in [3.63, 3.8) is 0 Å². The highest BCUT2D eigenvalue weighted by molar-refractivity contribution is 6.28. The summed E-state index contributed by atoms with van der Waals surface area (Å²) in [5.74, 6) is -3.77. The van der Waals surface area contributed by atoms with E-state index in [1.807, 2.05) is 0 Å². The van der Waals surface area contributed by atoms with Crippen LogP contribution in [0.4, 0.5) is 20.7 Å². The maximum atomic E-state index is 15.7. The molecule has 41 heavy (non-hydrogen) atoms. The number of alkyl halides is 1. The molecule has 0 bridgehead atoms. The number of amides is 2. The monoisotopic (exact) mass is 591 g/mol. The number of anilines is 2. The SMILES string of the molecule is Nc1nc(Cl)nc2c1ncn2[C@@H]1O[C@@H]2C(OC(Cc3ccc(N4CCCNC4=O)cc3)(C(=O)O)C(=O)O)[C@]2(O)[C@@H]1F. The van der Waals surface area contributed by atoms with Gasteiger partial charge in [0.05, 0.1) is 6.33 Å². The fourth-order valence-electron chi connectivity index (χ4n) is 5.29. The van der Waals surface area contributed by atoms with E-state index in [1.54, 1.807) is 12.1 Å². The van der Waals surface area contributed by atoms with Crippen LogP contribution < -0.4 is 16.0 Å². The predicted octanol–water partition coefficient (Wildman–Crippen LogP) is 0.498. The first kappa shape index (κ1) is 27.1. The van der Waals surface area contributed by atoms with Crippen LogP contribution in [-0.2, 0) is 25.5 Å². The number of aliphatic hydroxyl groups is 1. The van der Waals surface area contributed by atoms with E-state index in [9.17, 15) is 29.7 Å². The van der Waals surface area contributed by atoms with E-state index in [4.69, 9.17) is 26.8 Å². The molecule has 2 amide bonds. The topological polar surface area (TPSA) is 215 Å². The number of carboxylic acid groups (broad SMARTS) is 2. The van der Waals surface area contributed by atoms with E-state index in [0.29, 0.717) is 18.8 Å². The number of halogens is 2. The number of nitrogens with two attached hydrogens (primary N) is 1. The summed E-state index contributed by atoms with van der Waals surface area (Å²) >= 11 is 5.86. The second-order valence-electron chi connectivity index (χ2n) is 9.99. The lowest BCUT2D eigenvalue weighted by molar-refractivity contribution is -0.194. The van der Waals surface area contributed by atoms with Crippen LogP contribution in [-0.4, -0.2) is 95.5 Å². The fourth-order valence-corrected chi connectivity index (χ4v) is 5.46. The van der Waals surface area contributed by atoms with Crippen LogP contribution in [0.3, 0.4) is 0 Å². The number of ether oxygens (including phenoxy) is 2. The molecule has 17 heteroatoms. The summed E-state index contributed by atoms with van der Waals surface area (Å²) < 4.78 is 27.9. The van der Waals surface area contributed by atoms with Crippen LogP contribution in [0.1, 0.15) is 18.2 Å². The molecule has 0 spiro atoms. The number of fused-ring (bicyclic) bond motifs is 2. The van der Waals surface area contributed by atoms with Gasteiger partial charge < -0.3 is 35.8 Å². The van der Waals surface area contributed by atoms with Gasteiger partial charge in [-0.1, -0.05) is 12.1 Å². The Hall–Kier alpha value is -4.12. The van der Waals surface area contributed by atoms with Crippen molar-refractivity contribution in [3.8, 4) is 0 Å². The van der Waals surface area contributed by atoms with Crippen LogP contribution >= 0.6 is 11.6 Å². The number of hydrogen-bond donors (Lipinski definition) is 5. The van der Waals surface area contributed by atoms with E-state index >= 15 is 4.39 Å². The summed E-state index contributed by atoms with van der Waals surface area (Å²) in [6.07, 6.45) is -5.43. The first-order valence-electron chi connectivity index (χ1n) is 12.4. The first-order valence-corrected chi connectivity index (χ1v) is 12.8. The van der Waals surface area contributed by atoms with Gasteiger partial charge in [0.2, 0.25) is 5.28 Å². The Kier molecular flexibility index (Phi) is 6.25. The van der Waals surface area contributed by atoms with Crippen molar-refractivity contribution in [1.29, 1.82) is 0 Å². The number of nitrogens with one attached hydrogen (secondary N) is 1. The fraction of sp³-hybridized carbons (Fsp3) is 0.417. The lowest BCUT2D eigenvalue weighted by Crippen LogP contribution is -2.53. The van der Waals surface area contributed by atoms with E-state index in [-0.39, 0.29) is 33.9 Å². The molecule has 15 nitrogen and oxygen atoms in total. The minimum atomic E-state index is -2.88. The number of rotatable bonds is 8. The van der Waals surface area contributed by atoms with Crippen LogP contribution in [0.2, 0.25) is 5.28 Å². The molecule has 3 aromatic rings. The number of carboxylic acids is 2. The minimum absolute atomic E-state index is 0.0356. The third kappa shape index (κ3) is 4.13. The number of benzene rings is 1. The molecule has 216 valence electrons. The van der Waals surface area contributed by atoms with E-state index in [0.717, 1.165) is 11.0 Å². The van der Waals surface area contributed by atoms with Gasteiger partial charge in [-0.2, -0.15) is 9.97 Å². The number of hydrogen-bond acceptors (Lipinski definition) is 10. The Morgan fingerprint density at radius 3 is 2.59 bits per heavy atom. The number of urea groups is 1. The molecule has 3 aliphatic rings. The normalized spacial score (nSPS) is 27.5. The smallest absolute Gasteiger partial charge is 0.348 e. The Morgan fingerprint density at radius 2 is 1.98 bits per heavy atom. The number of aliphatic carboxylic acids is 2. The van der Waals surface area contributed by atoms with E-state index in [2.05, 4.69) is 20.3 Å². The van der Waals surface area contributed by atoms with Crippen molar-refractivity contribution in [2.24, 2.45) is 0 Å². The van der Waals surface area contributed by atoms with Gasteiger partial charge in [-0.25, -0.2) is 23.8 Å². The minimum Gasteiger partial charge on any atom is -0.479 e. The van der Waals surface area contributed by atoms with Crippen molar-refractivity contribution in [2.75, 3.05) is 23.7 Å². The summed E-state index contributed by atoms with van der Waals surface area (Å²) in [5.41, 5.74) is 1.49. The molecule has 1 aromatic carbocycles. The second kappa shape index (κ2) is 9.47. The van der Waals surface area contributed by atoms with Crippen LogP contribution in [0.15, 0.2) is 30.6 Å². The third-order valence-corrected chi connectivity index (χ3v) is 7.72. The molecular weight excluding hydrogens is 569 g/mol. The van der Waals surface area contributed by atoms with Crippen LogP contribution in [0.25, 0.3) is 11.2 Å². The van der Waals surface area contributed by atoms with Gasteiger partial charge in [0.15, 0.2) is 29.5 Å². The average molecular weight is 592 g/mol. The van der Waals surface area contributed by atoms with Crippen molar-refractivity contribution in [1.82, 2.24) is 24.8 Å². The Morgan fingerprint density at radius 1 is 1.27 bits per heavy atom. The molecule has 2 aliphatic heterocycles. The van der Waals surface area contributed by atoms with Gasteiger partial charge in [0.25, 0.3) is 5.60 Å². The average Bonchev–Trinajstić information content (AvgIpc) is 3.17. The highest BCUT2D eigenvalue weighted by atomic mass is 35.5. The largest absolute Gasteiger partial charge is 0.479 e. The maximum absolute atomic E-state index is 15.7. The highest BCUT2D eigenvalue weighted by Crippen LogP contribution is 2.58. The number of nitrogens with zero attached hydrogens (tertiary/aromatic N) is 5. The molecule has 1 aliphatic carbocycles. The molecule has 0 radical (unpaired) electrons. The molecule has 2 saturated heterocycles. The Labute approximate surface area is 234 Å². The molecule has 5 atom stereocenters. The van der Waals surface area contributed by atoms with Crippen molar-refractivity contribution >= 4 is 52.2 Å². The summed E-state index contributed by atoms with van der Waals surface area (Å²) in [5, 5.41) is 33.5. The number of carbonyl (C=O) groups is 3. The van der Waals surface area contributed by atoms with Crippen molar-refractivity contribution in [3.05, 3.63) is 41.4 Å². The lowest BCUT2D eigenvalue weighted by atomic mass is 9.93. The molecule has 1 unspecified atom stereocenters. The number of aromatic nitrogens is 4. The molecular formula is C24H23ClFN7O8. The second-order valence-corrected chi connectivity index (χ2v) is 10.3. The van der Waals surface area contributed by atoms with Gasteiger partial charge in [-0.3, -0.25) is 9.47 Å². The summed E-state index contributed by atoms with van der Waals surface area (Å²) in [4.78, 5) is 50.0. The van der Waals surface area contributed by atoms with Gasteiger partial charge in [-0.05, 0) is 35.7 Å². The Balaban J connectivity index is 1.22. The highest BCUT2D eigenvalue weighted by Gasteiger charge is 2.80. The molecule has 4 heterocycles. The van der Waals surface area contributed by atoms with Crippen molar-refractivity contribution in [2.45, 2.75) is 48.7 Å². The lowest BCUT2D eigenvalue weighted by Gasteiger charge is -2.29. The number of imidazole rings is 1. The van der Waals surface area contributed by atoms with Crippen LogP contribution in [0, 0.1) is 0 Å². The van der Waals surface area contributed by atoms with Gasteiger partial charge in [0.1, 0.15) is 17.7 Å². The number of carbonyl (C=O) groups excluding carboxylic acids is 1. The summed E-state index contributed by atoms with van der Waals surface area (Å²) in [6.45, 7) is 1.04. The van der Waals surface area contributed by atoms with Gasteiger partial charge >= 0.3 is 18.0 Å². The molecule has 6 rings (SSSR count). The summed E-state index contributed by atoms with van der Waals surface area (Å²) in [6, 6.07) is 5.76. The molecule has 6 N–H and O–H groups in total. The first-order chi connectivity index (χ1) is 19.5. The molecule has 2 aromatic heterocycles. The van der Waals surface area contributed by atoms with E-state index < -0.39 is 54.2 Å². The standard InChI is InChI=1S/C24H23ClFN7O8/c25-21-30-16(27)12-17(31-21)33(9-29-12)18-13(26)24(39)14(40-18)15(24)41-23(19(34)35,20(36)37)8-10-2-4-11(5-3-10)32-7-1-6-28-22(32)38/h2-5,9,13-15,18,39H,1,6-8H2,(H,28,38)(H,34,35)(H,36,37)(H2,27,30,31)/t13-,14-,15?,18-,24+/m1/s1. The molecule has 3 fully saturated rings. The predicted molar refractivity (Wildman–Crippen MR) is 137 cm³/mol. The quantitative estimate of drug-likeness (QED) is 0.179. The van der Waals surface area contributed by atoms with E-state index in [1.165, 1.54) is 23.4 Å². The number of nitrogen functional groups attached to an aromatic ring is 1. The van der Waals surface area contributed by atoms with Gasteiger partial charge in [-0.15, -0.1) is 0 Å². The van der Waals surface area contributed by atoms with Gasteiger partial charge in [0, 0.05) is 25.2 Å². The van der Waals surface area contributed by atoms with Crippen LogP contribution in [0.5, 0.6) is 0 Å². The maximum Gasteiger partial charge on any atom is 0.348 e. The zero-order valence-corrected chi connectivity index (χ0v) is 21.7. The zero-order valence-electron chi connectivity index (χ0n) is 21.0. The zero-order chi connectivity index (χ0) is 29.3. The summed E-state index contributed by atoms with van der Waals surface area (Å²) in [7, 11) is 0. The van der Waals surface area contributed by atoms with Crippen molar-refractivity contribution < 1.29 is 43.6 Å². The third-order valence-electron chi connectivity index (χ3n) is 7.55.